The van der Waals surface area contributed by atoms with Gasteiger partial charge in [0.1, 0.15) is 23.7 Å². The zero-order valence-corrected chi connectivity index (χ0v) is 11.3. The van der Waals surface area contributed by atoms with E-state index in [4.69, 9.17) is 9.47 Å². The first-order valence-electron chi connectivity index (χ1n) is 5.97. The molecule has 0 fully saturated rings. The first-order valence-corrected chi connectivity index (χ1v) is 5.97. The largest absolute Gasteiger partial charge is 0.497 e. The molecule has 0 radical (unpaired) electrons. The van der Waals surface area contributed by atoms with E-state index in [0.717, 1.165) is 11.3 Å². The summed E-state index contributed by atoms with van der Waals surface area (Å²) in [4.78, 5) is 15.2. The molecule has 1 aromatic rings. The van der Waals surface area contributed by atoms with Gasteiger partial charge in [0.25, 0.3) is 0 Å². The summed E-state index contributed by atoms with van der Waals surface area (Å²) in [5.41, 5.74) is 0.489. The predicted molar refractivity (Wildman–Crippen MR) is 72.2 cm³/mol. The number of methoxy groups -OCH3 is 1. The maximum atomic E-state index is 10.6. The number of nitrogens with zero attached hydrogens (tertiary/aromatic N) is 3. The van der Waals surface area contributed by atoms with Crippen LogP contribution in [0.1, 0.15) is 12.5 Å². The second kappa shape index (κ2) is 5.36. The van der Waals surface area contributed by atoms with E-state index in [-0.39, 0.29) is 0 Å². The lowest BCUT2D eigenvalue weighted by molar-refractivity contribution is 0.0981. The molecule has 1 aromatic carbocycles. The second-order valence-electron chi connectivity index (χ2n) is 4.63. The molecule has 1 aliphatic rings. The molecule has 0 spiro atoms. The van der Waals surface area contributed by atoms with Crippen LogP contribution >= 0.6 is 0 Å². The molecule has 6 nitrogen and oxygen atoms in total. The van der Waals surface area contributed by atoms with Gasteiger partial charge in [-0.1, -0.05) is 12.1 Å². The Bertz CT molecular complexity index is 486. The van der Waals surface area contributed by atoms with Crippen molar-refractivity contribution in [2.24, 2.45) is 10.3 Å². The Morgan fingerprint density at radius 1 is 1.42 bits per heavy atom. The van der Waals surface area contributed by atoms with E-state index in [2.05, 4.69) is 10.3 Å². The molecule has 0 bridgehead atoms. The number of ether oxygens (including phenoxy) is 2. The molecule has 102 valence electrons. The third kappa shape index (κ3) is 2.73. The van der Waals surface area contributed by atoms with E-state index in [0.29, 0.717) is 19.0 Å². The Hall–Kier alpha value is -1.95. The summed E-state index contributed by atoms with van der Waals surface area (Å²) in [6.07, 6.45) is 0. The third-order valence-corrected chi connectivity index (χ3v) is 3.20. The Labute approximate surface area is 112 Å². The summed E-state index contributed by atoms with van der Waals surface area (Å²) in [6.45, 7) is 2.73. The van der Waals surface area contributed by atoms with Crippen LogP contribution in [0.3, 0.4) is 0 Å². The van der Waals surface area contributed by atoms with E-state index in [9.17, 15) is 4.91 Å². The van der Waals surface area contributed by atoms with Crippen molar-refractivity contribution in [2.75, 3.05) is 27.4 Å². The number of amidine groups is 1. The minimum atomic E-state index is -0.515. The molecule has 1 atom stereocenters. The van der Waals surface area contributed by atoms with E-state index in [1.54, 1.807) is 14.2 Å². The minimum absolute atomic E-state index is 0.300. The fourth-order valence-electron chi connectivity index (χ4n) is 2.00. The number of hydrogen-bond acceptors (Lipinski definition) is 5. The highest BCUT2D eigenvalue weighted by Gasteiger charge is 2.31. The lowest BCUT2D eigenvalue weighted by Crippen LogP contribution is -2.39. The summed E-state index contributed by atoms with van der Waals surface area (Å²) in [5, 5.41) is 4.05. The molecule has 1 heterocycles. The maximum Gasteiger partial charge on any atom is 0.149 e. The Morgan fingerprint density at radius 3 is 2.68 bits per heavy atom. The van der Waals surface area contributed by atoms with Gasteiger partial charge in [-0.05, 0) is 24.6 Å². The van der Waals surface area contributed by atoms with Crippen molar-refractivity contribution in [3.63, 3.8) is 0 Å². The van der Waals surface area contributed by atoms with Crippen LogP contribution in [-0.2, 0) is 10.3 Å². The van der Waals surface area contributed by atoms with Crippen molar-refractivity contribution in [1.29, 1.82) is 0 Å². The maximum absolute atomic E-state index is 10.6. The van der Waals surface area contributed by atoms with Gasteiger partial charge >= 0.3 is 0 Å². The van der Waals surface area contributed by atoms with Crippen molar-refractivity contribution in [1.82, 2.24) is 5.01 Å². The van der Waals surface area contributed by atoms with Gasteiger partial charge in [0.2, 0.25) is 0 Å². The van der Waals surface area contributed by atoms with Crippen LogP contribution in [0.15, 0.2) is 34.5 Å². The fraction of sp³-hybridized carbons (Fsp3) is 0.462. The molecule has 1 aliphatic heterocycles. The predicted octanol–water partition coefficient (Wildman–Crippen LogP) is 1.95. The van der Waals surface area contributed by atoms with Crippen molar-refractivity contribution in [2.45, 2.75) is 12.5 Å². The second-order valence-corrected chi connectivity index (χ2v) is 4.63. The summed E-state index contributed by atoms with van der Waals surface area (Å²) >= 11 is 0. The van der Waals surface area contributed by atoms with Crippen LogP contribution in [0.25, 0.3) is 0 Å². The van der Waals surface area contributed by atoms with Gasteiger partial charge in [-0.2, -0.15) is 0 Å². The zero-order valence-electron chi connectivity index (χ0n) is 11.3. The highest BCUT2D eigenvalue weighted by molar-refractivity contribution is 5.84. The van der Waals surface area contributed by atoms with Gasteiger partial charge in [-0.15, -0.1) is 4.91 Å². The SMILES string of the molecule is COc1ccc(C2(C)COCC(N(C)N=O)=N2)cc1. The molecule has 1 unspecified atom stereocenters. The average Bonchev–Trinajstić information content (AvgIpc) is 2.46. The zero-order chi connectivity index (χ0) is 13.9. The average molecular weight is 263 g/mol. The van der Waals surface area contributed by atoms with Crippen LogP contribution in [0.4, 0.5) is 0 Å². The smallest absolute Gasteiger partial charge is 0.149 e. The van der Waals surface area contributed by atoms with Gasteiger partial charge in [0, 0.05) is 7.05 Å². The van der Waals surface area contributed by atoms with Gasteiger partial charge in [0.15, 0.2) is 0 Å². The first-order chi connectivity index (χ1) is 9.09. The monoisotopic (exact) mass is 263 g/mol. The van der Waals surface area contributed by atoms with Crippen LogP contribution in [0.5, 0.6) is 5.75 Å². The van der Waals surface area contributed by atoms with Crippen molar-refractivity contribution in [3.8, 4) is 5.75 Å². The topological polar surface area (TPSA) is 63.5 Å². The molecule has 2 rings (SSSR count). The van der Waals surface area contributed by atoms with E-state index < -0.39 is 5.54 Å². The van der Waals surface area contributed by atoms with E-state index in [1.165, 1.54) is 5.01 Å². The van der Waals surface area contributed by atoms with Gasteiger partial charge in [0.05, 0.1) is 19.0 Å². The summed E-state index contributed by atoms with van der Waals surface area (Å²) in [6, 6.07) is 7.66. The number of benzene rings is 1. The van der Waals surface area contributed by atoms with E-state index >= 15 is 0 Å². The number of nitroso groups, excluding NO2 is 1. The molecule has 0 aliphatic carbocycles. The molecule has 0 saturated carbocycles. The molecule has 0 saturated heterocycles. The van der Waals surface area contributed by atoms with Crippen LogP contribution in [0.2, 0.25) is 0 Å². The molecule has 19 heavy (non-hydrogen) atoms. The summed E-state index contributed by atoms with van der Waals surface area (Å²) in [5.74, 6) is 1.32. The molecule has 6 heteroatoms. The number of likely N-dealkylation sites (N-methyl/N-ethyl adjacent to an activating group) is 1. The van der Waals surface area contributed by atoms with Gasteiger partial charge in [-0.3, -0.25) is 4.99 Å². The number of rotatable bonds is 3. The Kier molecular flexibility index (Phi) is 3.80. The Morgan fingerprint density at radius 2 is 2.11 bits per heavy atom. The highest BCUT2D eigenvalue weighted by atomic mass is 16.5. The van der Waals surface area contributed by atoms with Crippen LogP contribution in [-0.4, -0.2) is 38.2 Å². The molecular formula is C13H17N3O3. The van der Waals surface area contributed by atoms with Crippen LogP contribution in [0, 0.1) is 4.91 Å². The number of aliphatic imine (C=N–C) groups is 1. The lowest BCUT2D eigenvalue weighted by Gasteiger charge is -2.32. The minimum Gasteiger partial charge on any atom is -0.497 e. The molecule has 0 aromatic heterocycles. The van der Waals surface area contributed by atoms with Crippen molar-refractivity contribution in [3.05, 3.63) is 34.7 Å². The van der Waals surface area contributed by atoms with Crippen molar-refractivity contribution >= 4 is 5.84 Å². The number of hydrogen-bond donors (Lipinski definition) is 0. The highest BCUT2D eigenvalue weighted by Crippen LogP contribution is 2.30. The van der Waals surface area contributed by atoms with Crippen molar-refractivity contribution < 1.29 is 9.47 Å². The normalized spacial score (nSPS) is 22.6. The molecule has 0 amide bonds. The molecule has 0 N–H and O–H groups in total. The summed E-state index contributed by atoms with van der Waals surface area (Å²) in [7, 11) is 3.19. The van der Waals surface area contributed by atoms with Gasteiger partial charge in [-0.25, -0.2) is 5.01 Å². The fourth-order valence-corrected chi connectivity index (χ4v) is 2.00. The standard InChI is InChI=1S/C13H17N3O3/c1-13(10-4-6-11(18-3)7-5-10)9-19-8-12(14-13)16(2)15-17/h4-7H,8-9H2,1-3H3. The Balaban J connectivity index is 2.32. The molecular weight excluding hydrogens is 246 g/mol. The lowest BCUT2D eigenvalue weighted by atomic mass is 9.93. The summed E-state index contributed by atoms with van der Waals surface area (Å²) < 4.78 is 10.7. The first kappa shape index (κ1) is 13.5. The third-order valence-electron chi connectivity index (χ3n) is 3.20. The van der Waals surface area contributed by atoms with E-state index in [1.807, 2.05) is 31.2 Å². The van der Waals surface area contributed by atoms with Crippen LogP contribution < -0.4 is 4.74 Å². The van der Waals surface area contributed by atoms with Gasteiger partial charge < -0.3 is 9.47 Å². The quantitative estimate of drug-likeness (QED) is 0.617.